The van der Waals surface area contributed by atoms with Crippen LogP contribution in [0, 0.1) is 5.41 Å². The van der Waals surface area contributed by atoms with E-state index < -0.39 is 0 Å². The maximum atomic E-state index is 13.2. The summed E-state index contributed by atoms with van der Waals surface area (Å²) in [5, 5.41) is 9.83. The van der Waals surface area contributed by atoms with Gasteiger partial charge in [0.25, 0.3) is 0 Å². The number of aliphatic hydroxyl groups is 1. The number of likely N-dealkylation sites (tertiary alicyclic amines) is 1. The summed E-state index contributed by atoms with van der Waals surface area (Å²) in [4.78, 5) is 17.9. The molecule has 2 heterocycles. The van der Waals surface area contributed by atoms with Crippen LogP contribution in [0.2, 0.25) is 0 Å². The van der Waals surface area contributed by atoms with Crippen molar-refractivity contribution < 1.29 is 9.90 Å². The third kappa shape index (κ3) is 3.53. The van der Waals surface area contributed by atoms with Crippen molar-refractivity contribution in [2.24, 2.45) is 5.41 Å². The molecule has 3 atom stereocenters. The molecular weight excluding hydrogens is 360 g/mol. The van der Waals surface area contributed by atoms with Crippen LogP contribution in [-0.4, -0.2) is 47.2 Å². The molecule has 29 heavy (non-hydrogen) atoms. The molecule has 0 radical (unpaired) electrons. The average molecular weight is 397 g/mol. The first-order chi connectivity index (χ1) is 14.1. The molecule has 4 fully saturated rings. The quantitative estimate of drug-likeness (QED) is 0.820. The molecule has 5 rings (SSSR count). The number of hydrogen-bond acceptors (Lipinski definition) is 3. The van der Waals surface area contributed by atoms with E-state index in [9.17, 15) is 9.90 Å². The molecule has 2 saturated heterocycles. The van der Waals surface area contributed by atoms with Gasteiger partial charge in [0, 0.05) is 24.3 Å². The van der Waals surface area contributed by atoms with Crippen LogP contribution in [0.3, 0.4) is 0 Å². The topological polar surface area (TPSA) is 43.8 Å². The molecule has 0 aromatic heterocycles. The Bertz CT molecular complexity index is 738. The fraction of sp³-hybridized carbons (Fsp3) is 0.720. The third-order valence-electron chi connectivity index (χ3n) is 8.58. The van der Waals surface area contributed by atoms with Crippen LogP contribution in [0.15, 0.2) is 24.3 Å². The van der Waals surface area contributed by atoms with Crippen LogP contribution in [-0.2, 0) is 4.79 Å². The summed E-state index contributed by atoms with van der Waals surface area (Å²) in [6.45, 7) is 4.50. The molecule has 4 aliphatic rings. The lowest BCUT2D eigenvalue weighted by Gasteiger charge is -2.33. The van der Waals surface area contributed by atoms with Crippen molar-refractivity contribution in [3.8, 4) is 0 Å². The minimum atomic E-state index is -0.208. The van der Waals surface area contributed by atoms with E-state index in [2.05, 4.69) is 36.1 Å². The summed E-state index contributed by atoms with van der Waals surface area (Å²) in [7, 11) is 0. The third-order valence-corrected chi connectivity index (χ3v) is 8.58. The molecule has 2 aliphatic carbocycles. The molecule has 2 saturated carbocycles. The highest BCUT2D eigenvalue weighted by Crippen LogP contribution is 2.46. The van der Waals surface area contributed by atoms with Crippen molar-refractivity contribution in [2.75, 3.05) is 18.0 Å². The summed E-state index contributed by atoms with van der Waals surface area (Å²) >= 11 is 0. The first-order valence-corrected chi connectivity index (χ1v) is 11.9. The molecule has 158 valence electrons. The average Bonchev–Trinajstić information content (AvgIpc) is 3.45. The summed E-state index contributed by atoms with van der Waals surface area (Å²) in [6.07, 6.45) is 10.6. The Morgan fingerprint density at radius 1 is 0.966 bits per heavy atom. The zero-order valence-corrected chi connectivity index (χ0v) is 17.9. The van der Waals surface area contributed by atoms with Gasteiger partial charge in [0.15, 0.2) is 0 Å². The van der Waals surface area contributed by atoms with Crippen LogP contribution < -0.4 is 4.90 Å². The number of rotatable bonds is 3. The van der Waals surface area contributed by atoms with Crippen molar-refractivity contribution in [2.45, 2.75) is 95.2 Å². The van der Waals surface area contributed by atoms with Crippen LogP contribution >= 0.6 is 0 Å². The monoisotopic (exact) mass is 396 g/mol. The lowest BCUT2D eigenvalue weighted by molar-refractivity contribution is -0.128. The number of carbonyl (C=O) groups is 1. The molecular formula is C25H36N2O2. The van der Waals surface area contributed by atoms with Crippen molar-refractivity contribution in [3.63, 3.8) is 0 Å². The summed E-state index contributed by atoms with van der Waals surface area (Å²) in [6, 6.07) is 10.4. The Hall–Kier alpha value is -1.39. The predicted octanol–water partition coefficient (Wildman–Crippen LogP) is 4.47. The van der Waals surface area contributed by atoms with E-state index in [-0.39, 0.29) is 11.5 Å². The van der Waals surface area contributed by atoms with Gasteiger partial charge in [-0.3, -0.25) is 9.69 Å². The van der Waals surface area contributed by atoms with Gasteiger partial charge in [0.05, 0.1) is 11.5 Å². The zero-order valence-electron chi connectivity index (χ0n) is 17.9. The number of aliphatic hydroxyl groups excluding tert-OH is 1. The van der Waals surface area contributed by atoms with E-state index in [4.69, 9.17) is 0 Å². The second-order valence-electron chi connectivity index (χ2n) is 10.2. The first-order valence-electron chi connectivity index (χ1n) is 11.9. The summed E-state index contributed by atoms with van der Waals surface area (Å²) in [5.74, 6) is 0.961. The number of carbonyl (C=O) groups excluding carboxylic acids is 1. The van der Waals surface area contributed by atoms with Gasteiger partial charge in [0.1, 0.15) is 0 Å². The van der Waals surface area contributed by atoms with Crippen LogP contribution in [0.4, 0.5) is 5.69 Å². The number of anilines is 1. The van der Waals surface area contributed by atoms with Crippen molar-refractivity contribution >= 4 is 11.6 Å². The van der Waals surface area contributed by atoms with Gasteiger partial charge in [-0.2, -0.15) is 0 Å². The second-order valence-corrected chi connectivity index (χ2v) is 10.2. The highest BCUT2D eigenvalue weighted by molar-refractivity contribution is 6.00. The Balaban J connectivity index is 1.24. The van der Waals surface area contributed by atoms with Gasteiger partial charge in [0.2, 0.25) is 5.91 Å². The standard InChI is InChI=1S/C25H36N2O2/c1-18-3-2-15-26(18)22-9-6-20(17-22)19-4-7-21(8-5-19)27-16-14-25(24(27)29)12-10-23(28)11-13-25/h4-5,7-8,18,20,22-23,28H,2-3,6,9-17H2,1H3/t18?,20-,22?,23?,25?/m0/s1. The van der Waals surface area contributed by atoms with E-state index in [1.54, 1.807) is 0 Å². The Labute approximate surface area is 175 Å². The maximum Gasteiger partial charge on any atom is 0.233 e. The molecule has 2 unspecified atom stereocenters. The Kier molecular flexibility index (Phi) is 5.19. The maximum absolute atomic E-state index is 13.2. The fourth-order valence-electron chi connectivity index (χ4n) is 6.67. The number of benzene rings is 1. The van der Waals surface area contributed by atoms with Crippen LogP contribution in [0.1, 0.15) is 82.6 Å². The van der Waals surface area contributed by atoms with Crippen molar-refractivity contribution in [1.82, 2.24) is 4.90 Å². The SMILES string of the molecule is CC1CCCN1C1CC[C@H](c2ccc(N3CCC4(CCC(O)CC4)C3=O)cc2)C1. The van der Waals surface area contributed by atoms with Crippen molar-refractivity contribution in [1.29, 1.82) is 0 Å². The molecule has 1 amide bonds. The molecule has 4 heteroatoms. The largest absolute Gasteiger partial charge is 0.393 e. The number of amides is 1. The summed E-state index contributed by atoms with van der Waals surface area (Å²) < 4.78 is 0. The minimum Gasteiger partial charge on any atom is -0.393 e. The summed E-state index contributed by atoms with van der Waals surface area (Å²) in [5.41, 5.74) is 2.30. The van der Waals surface area contributed by atoms with E-state index in [1.165, 1.54) is 44.2 Å². The number of hydrogen-bond donors (Lipinski definition) is 1. The number of nitrogens with zero attached hydrogens (tertiary/aromatic N) is 2. The fourth-order valence-corrected chi connectivity index (χ4v) is 6.67. The molecule has 4 nitrogen and oxygen atoms in total. The van der Waals surface area contributed by atoms with E-state index in [1.807, 2.05) is 4.90 Å². The minimum absolute atomic E-state index is 0.205. The molecule has 1 N–H and O–H groups in total. The van der Waals surface area contributed by atoms with E-state index >= 15 is 0 Å². The van der Waals surface area contributed by atoms with Gasteiger partial charge in [-0.05, 0) is 101 Å². The normalized spacial score (nSPS) is 38.4. The molecule has 1 aromatic rings. The zero-order chi connectivity index (χ0) is 20.0. The Morgan fingerprint density at radius 3 is 2.41 bits per heavy atom. The second kappa shape index (κ2) is 7.70. The lowest BCUT2D eigenvalue weighted by Crippen LogP contribution is -2.38. The smallest absolute Gasteiger partial charge is 0.233 e. The Morgan fingerprint density at radius 2 is 1.72 bits per heavy atom. The molecule has 2 aliphatic heterocycles. The highest BCUT2D eigenvalue weighted by Gasteiger charge is 2.48. The van der Waals surface area contributed by atoms with Gasteiger partial charge >= 0.3 is 0 Å². The van der Waals surface area contributed by atoms with Crippen LogP contribution in [0.5, 0.6) is 0 Å². The van der Waals surface area contributed by atoms with E-state index in [0.717, 1.165) is 56.4 Å². The molecule has 1 spiro atoms. The lowest BCUT2D eigenvalue weighted by atomic mass is 9.72. The van der Waals surface area contributed by atoms with Gasteiger partial charge in [-0.25, -0.2) is 0 Å². The highest BCUT2D eigenvalue weighted by atomic mass is 16.3. The van der Waals surface area contributed by atoms with Gasteiger partial charge in [-0.1, -0.05) is 12.1 Å². The van der Waals surface area contributed by atoms with Gasteiger partial charge in [-0.15, -0.1) is 0 Å². The predicted molar refractivity (Wildman–Crippen MR) is 116 cm³/mol. The first kappa shape index (κ1) is 19.6. The van der Waals surface area contributed by atoms with Gasteiger partial charge < -0.3 is 10.0 Å². The molecule has 0 bridgehead atoms. The van der Waals surface area contributed by atoms with Crippen molar-refractivity contribution in [3.05, 3.63) is 29.8 Å². The molecule has 1 aromatic carbocycles. The van der Waals surface area contributed by atoms with Crippen LogP contribution in [0.25, 0.3) is 0 Å². The van der Waals surface area contributed by atoms with E-state index in [0.29, 0.717) is 11.8 Å².